The Kier molecular flexibility index (Phi) is 5.56. The molecule has 1 rings (SSSR count). The van der Waals surface area contributed by atoms with E-state index in [1.807, 2.05) is 14.0 Å². The lowest BCUT2D eigenvalue weighted by Gasteiger charge is -2.24. The van der Waals surface area contributed by atoms with E-state index in [2.05, 4.69) is 29.6 Å². The Balaban J connectivity index is 2.39. The Morgan fingerprint density at radius 1 is 1.55 bits per heavy atom. The first-order valence-corrected chi connectivity index (χ1v) is 6.97. The number of amides is 2. The quantitative estimate of drug-likeness (QED) is 0.747. The monoisotopic (exact) mass is 282 g/mol. The number of anilines is 1. The molecule has 1 aromatic heterocycles. The first-order valence-electron chi connectivity index (χ1n) is 6.97. The maximum atomic E-state index is 11.7. The third kappa shape index (κ3) is 5.61. The Morgan fingerprint density at radius 2 is 2.20 bits per heavy atom. The molecular weight excluding hydrogens is 256 g/mol. The lowest BCUT2D eigenvalue weighted by atomic mass is 9.95. The molecule has 0 radical (unpaired) electrons. The minimum atomic E-state index is -0.887. The van der Waals surface area contributed by atoms with Crippen molar-refractivity contribution in [2.24, 2.45) is 13.0 Å². The first-order chi connectivity index (χ1) is 9.19. The molecule has 6 heteroatoms. The van der Waals surface area contributed by atoms with Gasteiger partial charge in [0.05, 0.1) is 5.60 Å². The lowest BCUT2D eigenvalue weighted by Crippen LogP contribution is -2.42. The number of hydrogen-bond donors (Lipinski definition) is 3. The van der Waals surface area contributed by atoms with Gasteiger partial charge in [0.15, 0.2) is 5.82 Å². The van der Waals surface area contributed by atoms with Crippen molar-refractivity contribution >= 4 is 11.8 Å². The van der Waals surface area contributed by atoms with Gasteiger partial charge in [-0.05, 0) is 32.6 Å². The predicted molar refractivity (Wildman–Crippen MR) is 79.7 cm³/mol. The highest BCUT2D eigenvalue weighted by atomic mass is 16.3. The van der Waals surface area contributed by atoms with Gasteiger partial charge in [0.2, 0.25) is 0 Å². The summed E-state index contributed by atoms with van der Waals surface area (Å²) >= 11 is 0. The number of aryl methyl sites for hydroxylation is 2. The summed E-state index contributed by atoms with van der Waals surface area (Å²) in [5.74, 6) is 1.04. The number of urea groups is 1. The standard InChI is InChI=1S/C14H26N4O2/c1-10(2)6-7-14(4,20)9-15-13(19)16-12-8-11(3)18(5)17-12/h8,10,20H,6-7,9H2,1-5H3,(H2,15,16,17,19). The summed E-state index contributed by atoms with van der Waals surface area (Å²) in [4.78, 5) is 11.7. The van der Waals surface area contributed by atoms with Crippen LogP contribution in [0.1, 0.15) is 39.3 Å². The molecule has 6 nitrogen and oxygen atoms in total. The summed E-state index contributed by atoms with van der Waals surface area (Å²) in [6.45, 7) is 8.09. The van der Waals surface area contributed by atoms with Crippen molar-refractivity contribution in [2.45, 2.75) is 46.1 Å². The van der Waals surface area contributed by atoms with Crippen LogP contribution in [0.4, 0.5) is 10.6 Å². The van der Waals surface area contributed by atoms with Crippen LogP contribution in [-0.2, 0) is 7.05 Å². The summed E-state index contributed by atoms with van der Waals surface area (Å²) < 4.78 is 1.69. The molecule has 2 amide bonds. The Bertz CT molecular complexity index is 433. The van der Waals surface area contributed by atoms with E-state index < -0.39 is 5.60 Å². The van der Waals surface area contributed by atoms with E-state index in [1.165, 1.54) is 0 Å². The van der Waals surface area contributed by atoms with Crippen molar-refractivity contribution in [2.75, 3.05) is 11.9 Å². The Hall–Kier alpha value is -1.56. The molecule has 114 valence electrons. The Labute approximate surface area is 120 Å². The molecule has 0 aliphatic rings. The zero-order valence-electron chi connectivity index (χ0n) is 13.0. The molecule has 1 atom stereocenters. The van der Waals surface area contributed by atoms with Gasteiger partial charge in [0, 0.05) is 25.4 Å². The highest BCUT2D eigenvalue weighted by molar-refractivity contribution is 5.88. The molecule has 20 heavy (non-hydrogen) atoms. The molecule has 1 unspecified atom stereocenters. The smallest absolute Gasteiger partial charge is 0.320 e. The second kappa shape index (κ2) is 6.74. The molecule has 0 aliphatic carbocycles. The van der Waals surface area contributed by atoms with Crippen molar-refractivity contribution in [1.82, 2.24) is 15.1 Å². The molecule has 0 aliphatic heterocycles. The molecule has 0 spiro atoms. The van der Waals surface area contributed by atoms with E-state index in [0.29, 0.717) is 18.2 Å². The molecule has 1 aromatic rings. The summed E-state index contributed by atoms with van der Waals surface area (Å²) in [5, 5.41) is 19.6. The van der Waals surface area contributed by atoms with E-state index in [4.69, 9.17) is 0 Å². The number of aromatic nitrogens is 2. The van der Waals surface area contributed by atoms with Gasteiger partial charge < -0.3 is 10.4 Å². The fourth-order valence-corrected chi connectivity index (χ4v) is 1.74. The van der Waals surface area contributed by atoms with Gasteiger partial charge in [-0.3, -0.25) is 10.00 Å². The normalized spacial score (nSPS) is 14.2. The van der Waals surface area contributed by atoms with Gasteiger partial charge in [0.1, 0.15) is 0 Å². The SMILES string of the molecule is Cc1cc(NC(=O)NCC(C)(O)CCC(C)C)nn1C. The third-order valence-corrected chi connectivity index (χ3v) is 3.25. The molecule has 1 heterocycles. The number of aliphatic hydroxyl groups is 1. The van der Waals surface area contributed by atoms with Gasteiger partial charge in [-0.25, -0.2) is 4.79 Å². The second-order valence-electron chi connectivity index (χ2n) is 6.03. The highest BCUT2D eigenvalue weighted by Crippen LogP contribution is 2.15. The van der Waals surface area contributed by atoms with Crippen molar-refractivity contribution in [3.05, 3.63) is 11.8 Å². The second-order valence-corrected chi connectivity index (χ2v) is 6.03. The van der Waals surface area contributed by atoms with Crippen LogP contribution in [0.5, 0.6) is 0 Å². The Morgan fingerprint density at radius 3 is 2.70 bits per heavy atom. The van der Waals surface area contributed by atoms with Crippen LogP contribution < -0.4 is 10.6 Å². The van der Waals surface area contributed by atoms with E-state index in [9.17, 15) is 9.90 Å². The van der Waals surface area contributed by atoms with Crippen molar-refractivity contribution < 1.29 is 9.90 Å². The fraction of sp³-hybridized carbons (Fsp3) is 0.714. The molecule has 0 saturated heterocycles. The number of nitrogens with zero attached hydrogens (tertiary/aromatic N) is 2. The van der Waals surface area contributed by atoms with Crippen LogP contribution in [0.25, 0.3) is 0 Å². The average Bonchev–Trinajstić information content (AvgIpc) is 2.64. The summed E-state index contributed by atoms with van der Waals surface area (Å²) in [6, 6.07) is 1.43. The van der Waals surface area contributed by atoms with Crippen LogP contribution >= 0.6 is 0 Å². The number of nitrogens with one attached hydrogen (secondary N) is 2. The van der Waals surface area contributed by atoms with Crippen molar-refractivity contribution in [1.29, 1.82) is 0 Å². The van der Waals surface area contributed by atoms with Crippen LogP contribution in [0, 0.1) is 12.8 Å². The van der Waals surface area contributed by atoms with Gasteiger partial charge in [-0.15, -0.1) is 0 Å². The van der Waals surface area contributed by atoms with E-state index in [-0.39, 0.29) is 12.6 Å². The zero-order valence-corrected chi connectivity index (χ0v) is 13.0. The van der Waals surface area contributed by atoms with Crippen molar-refractivity contribution in [3.8, 4) is 0 Å². The van der Waals surface area contributed by atoms with Gasteiger partial charge in [0.25, 0.3) is 0 Å². The molecule has 0 fully saturated rings. The number of hydrogen-bond acceptors (Lipinski definition) is 3. The molecule has 3 N–H and O–H groups in total. The average molecular weight is 282 g/mol. The molecular formula is C14H26N4O2. The summed E-state index contributed by atoms with van der Waals surface area (Å²) in [5.41, 5.74) is 0.0750. The number of rotatable bonds is 6. The zero-order chi connectivity index (χ0) is 15.3. The maximum Gasteiger partial charge on any atom is 0.320 e. The van der Waals surface area contributed by atoms with E-state index in [1.54, 1.807) is 17.7 Å². The van der Waals surface area contributed by atoms with Crippen LogP contribution in [0.3, 0.4) is 0 Å². The molecule has 0 saturated carbocycles. The maximum absolute atomic E-state index is 11.7. The highest BCUT2D eigenvalue weighted by Gasteiger charge is 2.21. The van der Waals surface area contributed by atoms with Gasteiger partial charge in [-0.2, -0.15) is 5.10 Å². The minimum absolute atomic E-state index is 0.220. The fourth-order valence-electron chi connectivity index (χ4n) is 1.74. The predicted octanol–water partition coefficient (Wildman–Crippen LogP) is 2.04. The van der Waals surface area contributed by atoms with Crippen molar-refractivity contribution in [3.63, 3.8) is 0 Å². The first kappa shape index (κ1) is 16.5. The topological polar surface area (TPSA) is 79.2 Å². The number of carbonyl (C=O) groups excluding carboxylic acids is 1. The van der Waals surface area contributed by atoms with E-state index >= 15 is 0 Å². The number of carbonyl (C=O) groups is 1. The largest absolute Gasteiger partial charge is 0.388 e. The van der Waals surface area contributed by atoms with Crippen LogP contribution in [0.15, 0.2) is 6.07 Å². The molecule has 0 bridgehead atoms. The van der Waals surface area contributed by atoms with Crippen LogP contribution in [0.2, 0.25) is 0 Å². The molecule has 0 aromatic carbocycles. The summed E-state index contributed by atoms with van der Waals surface area (Å²) in [6.07, 6.45) is 1.59. The minimum Gasteiger partial charge on any atom is -0.388 e. The lowest BCUT2D eigenvalue weighted by molar-refractivity contribution is 0.0481. The third-order valence-electron chi connectivity index (χ3n) is 3.25. The van der Waals surface area contributed by atoms with E-state index in [0.717, 1.165) is 12.1 Å². The summed E-state index contributed by atoms with van der Waals surface area (Å²) in [7, 11) is 1.81. The van der Waals surface area contributed by atoms with Gasteiger partial charge in [-0.1, -0.05) is 13.8 Å². The van der Waals surface area contributed by atoms with Crippen LogP contribution in [-0.4, -0.2) is 33.1 Å². The van der Waals surface area contributed by atoms with Gasteiger partial charge >= 0.3 is 6.03 Å².